The molecule has 0 amide bonds. The molecule has 1 aliphatic rings. The maximum atomic E-state index is 11.8. The Labute approximate surface area is 105 Å². The van der Waals surface area contributed by atoms with E-state index in [9.17, 15) is 9.59 Å². The molecule has 94 valence electrons. The first-order valence-corrected chi connectivity index (χ1v) is 6.57. The van der Waals surface area contributed by atoms with Crippen molar-refractivity contribution in [1.29, 1.82) is 0 Å². The van der Waals surface area contributed by atoms with Crippen LogP contribution >= 0.6 is 11.6 Å². The van der Waals surface area contributed by atoms with E-state index in [1.54, 1.807) is 0 Å². The predicted octanol–water partition coefficient (Wildman–Crippen LogP) is 2.48. The minimum atomic E-state index is -0.381. The molecule has 4 nitrogen and oxygen atoms in total. The van der Waals surface area contributed by atoms with Crippen molar-refractivity contribution in [2.24, 2.45) is 0 Å². The second-order valence-corrected chi connectivity index (χ2v) is 5.04. The third kappa shape index (κ3) is 3.00. The summed E-state index contributed by atoms with van der Waals surface area (Å²) in [6.07, 6.45) is 7.62. The highest BCUT2D eigenvalue weighted by Crippen LogP contribution is 2.24. The molecular weight excluding hydrogens is 240 g/mol. The highest BCUT2D eigenvalue weighted by atomic mass is 35.5. The molecule has 0 spiro atoms. The highest BCUT2D eigenvalue weighted by molar-refractivity contribution is 6.29. The number of H-pyrrole nitrogens is 1. The fraction of sp³-hybridized carbons (Fsp3) is 0.667. The van der Waals surface area contributed by atoms with E-state index in [2.05, 4.69) is 4.98 Å². The molecule has 0 unspecified atom stereocenters. The van der Waals surface area contributed by atoms with Gasteiger partial charge < -0.3 is 0 Å². The van der Waals surface area contributed by atoms with Crippen molar-refractivity contribution in [2.45, 2.75) is 51.0 Å². The SMILES string of the molecule is O=c1cc(Cl)[nH]c(=O)n1C1CCCCCCC1. The second kappa shape index (κ2) is 5.54. The fourth-order valence-electron chi connectivity index (χ4n) is 2.52. The lowest BCUT2D eigenvalue weighted by atomic mass is 9.96. The van der Waals surface area contributed by atoms with Crippen LogP contribution in [0, 0.1) is 0 Å². The molecule has 0 aliphatic heterocycles. The number of aromatic nitrogens is 2. The number of nitrogens with zero attached hydrogens (tertiary/aromatic N) is 1. The van der Waals surface area contributed by atoms with Crippen molar-refractivity contribution >= 4 is 11.6 Å². The molecule has 1 heterocycles. The molecule has 2 rings (SSSR count). The van der Waals surface area contributed by atoms with E-state index >= 15 is 0 Å². The van der Waals surface area contributed by atoms with Gasteiger partial charge >= 0.3 is 5.69 Å². The molecule has 1 saturated carbocycles. The van der Waals surface area contributed by atoms with Crippen molar-refractivity contribution < 1.29 is 0 Å². The molecule has 0 radical (unpaired) electrons. The normalized spacial score (nSPS) is 18.6. The Balaban J connectivity index is 2.31. The van der Waals surface area contributed by atoms with Gasteiger partial charge in [-0.05, 0) is 12.8 Å². The first-order valence-electron chi connectivity index (χ1n) is 6.20. The van der Waals surface area contributed by atoms with Crippen molar-refractivity contribution in [3.63, 3.8) is 0 Å². The third-order valence-corrected chi connectivity index (χ3v) is 3.58. The zero-order valence-corrected chi connectivity index (χ0v) is 10.5. The van der Waals surface area contributed by atoms with Crippen LogP contribution in [0.1, 0.15) is 51.0 Å². The first kappa shape index (κ1) is 12.4. The lowest BCUT2D eigenvalue weighted by molar-refractivity contribution is 0.354. The molecule has 1 aliphatic carbocycles. The molecule has 17 heavy (non-hydrogen) atoms. The van der Waals surface area contributed by atoms with Gasteiger partial charge in [0.05, 0.1) is 0 Å². The van der Waals surface area contributed by atoms with Crippen molar-refractivity contribution in [1.82, 2.24) is 9.55 Å². The van der Waals surface area contributed by atoms with Crippen molar-refractivity contribution in [3.8, 4) is 0 Å². The van der Waals surface area contributed by atoms with Gasteiger partial charge in [0.1, 0.15) is 5.15 Å². The molecule has 1 aromatic heterocycles. The number of nitrogens with one attached hydrogen (secondary N) is 1. The zero-order chi connectivity index (χ0) is 12.3. The van der Waals surface area contributed by atoms with Crippen LogP contribution in [0.2, 0.25) is 5.15 Å². The summed E-state index contributed by atoms with van der Waals surface area (Å²) in [5, 5.41) is 0.113. The number of hydrogen-bond acceptors (Lipinski definition) is 2. The van der Waals surface area contributed by atoms with Gasteiger partial charge in [0.15, 0.2) is 0 Å². The monoisotopic (exact) mass is 256 g/mol. The summed E-state index contributed by atoms with van der Waals surface area (Å²) >= 11 is 5.65. The molecule has 0 saturated heterocycles. The van der Waals surface area contributed by atoms with E-state index in [1.807, 2.05) is 0 Å². The topological polar surface area (TPSA) is 54.9 Å². The summed E-state index contributed by atoms with van der Waals surface area (Å²) in [5.41, 5.74) is -0.669. The second-order valence-electron chi connectivity index (χ2n) is 4.63. The van der Waals surface area contributed by atoms with Crippen LogP contribution in [0.5, 0.6) is 0 Å². The van der Waals surface area contributed by atoms with Crippen LogP contribution < -0.4 is 11.2 Å². The van der Waals surface area contributed by atoms with Crippen LogP contribution in [-0.2, 0) is 0 Å². The smallest absolute Gasteiger partial charge is 0.298 e. The number of rotatable bonds is 1. The molecule has 1 fully saturated rings. The number of aromatic amines is 1. The maximum Gasteiger partial charge on any atom is 0.329 e. The van der Waals surface area contributed by atoms with Crippen LogP contribution in [0.4, 0.5) is 0 Å². The van der Waals surface area contributed by atoms with Gasteiger partial charge in [-0.2, -0.15) is 0 Å². The van der Waals surface area contributed by atoms with Gasteiger partial charge in [-0.25, -0.2) is 4.79 Å². The summed E-state index contributed by atoms with van der Waals surface area (Å²) in [6.45, 7) is 0. The van der Waals surface area contributed by atoms with E-state index in [-0.39, 0.29) is 22.4 Å². The van der Waals surface area contributed by atoms with Crippen LogP contribution in [0.3, 0.4) is 0 Å². The Kier molecular flexibility index (Phi) is 4.05. The molecule has 1 N–H and O–H groups in total. The molecule has 5 heteroatoms. The molecule has 1 aromatic rings. The van der Waals surface area contributed by atoms with Gasteiger partial charge in [-0.3, -0.25) is 14.3 Å². The standard InChI is InChI=1S/C12H17ClN2O2/c13-10-8-11(16)15(12(17)14-10)9-6-4-2-1-3-5-7-9/h8-9H,1-7H2,(H,14,17). The van der Waals surface area contributed by atoms with Crippen LogP contribution in [-0.4, -0.2) is 9.55 Å². The Morgan fingerprint density at radius 3 is 2.29 bits per heavy atom. The van der Waals surface area contributed by atoms with E-state index in [4.69, 9.17) is 11.6 Å². The van der Waals surface area contributed by atoms with Crippen LogP contribution in [0.15, 0.2) is 15.7 Å². The summed E-state index contributed by atoms with van der Waals surface area (Å²) in [4.78, 5) is 26.1. The minimum absolute atomic E-state index is 0.0313. The Bertz CT molecular complexity index is 453. The third-order valence-electron chi connectivity index (χ3n) is 3.37. The van der Waals surface area contributed by atoms with Gasteiger partial charge in [0.2, 0.25) is 0 Å². The average molecular weight is 257 g/mol. The number of hydrogen-bond donors (Lipinski definition) is 1. The zero-order valence-electron chi connectivity index (χ0n) is 9.75. The minimum Gasteiger partial charge on any atom is -0.298 e. The Morgan fingerprint density at radius 2 is 1.71 bits per heavy atom. The van der Waals surface area contributed by atoms with Crippen molar-refractivity contribution in [3.05, 3.63) is 32.1 Å². The summed E-state index contributed by atoms with van der Waals surface area (Å²) in [6, 6.07) is 1.31. The quantitative estimate of drug-likeness (QED) is 0.785. The number of halogens is 1. The Morgan fingerprint density at radius 1 is 1.12 bits per heavy atom. The molecule has 0 aromatic carbocycles. The molecule has 0 bridgehead atoms. The maximum absolute atomic E-state index is 11.8. The first-order chi connectivity index (χ1) is 8.18. The average Bonchev–Trinajstić information content (AvgIpc) is 2.19. The summed E-state index contributed by atoms with van der Waals surface area (Å²) < 4.78 is 1.33. The van der Waals surface area contributed by atoms with Gasteiger partial charge in [0.25, 0.3) is 5.56 Å². The van der Waals surface area contributed by atoms with E-state index in [0.29, 0.717) is 0 Å². The van der Waals surface area contributed by atoms with E-state index in [1.165, 1.54) is 29.9 Å². The fourth-order valence-corrected chi connectivity index (χ4v) is 2.69. The van der Waals surface area contributed by atoms with E-state index < -0.39 is 0 Å². The van der Waals surface area contributed by atoms with Gasteiger partial charge in [0, 0.05) is 12.1 Å². The van der Waals surface area contributed by atoms with E-state index in [0.717, 1.165) is 25.7 Å². The summed E-state index contributed by atoms with van der Waals surface area (Å²) in [7, 11) is 0. The lowest BCUT2D eigenvalue weighted by Gasteiger charge is -2.20. The Hall–Kier alpha value is -1.03. The molecular formula is C12H17ClN2O2. The molecule has 0 atom stereocenters. The predicted molar refractivity (Wildman–Crippen MR) is 67.7 cm³/mol. The van der Waals surface area contributed by atoms with Gasteiger partial charge in [-0.15, -0.1) is 0 Å². The van der Waals surface area contributed by atoms with Crippen LogP contribution in [0.25, 0.3) is 0 Å². The summed E-state index contributed by atoms with van der Waals surface area (Å²) in [5.74, 6) is 0. The highest BCUT2D eigenvalue weighted by Gasteiger charge is 2.17. The van der Waals surface area contributed by atoms with Crippen molar-refractivity contribution in [2.75, 3.05) is 0 Å². The van der Waals surface area contributed by atoms with Gasteiger partial charge in [-0.1, -0.05) is 43.7 Å². The lowest BCUT2D eigenvalue weighted by Crippen LogP contribution is -2.37. The largest absolute Gasteiger partial charge is 0.329 e.